The molecule has 164 valence electrons. The second kappa shape index (κ2) is 7.45. The average Bonchev–Trinajstić information content (AvgIpc) is 3.37. The summed E-state index contributed by atoms with van der Waals surface area (Å²) in [4.78, 5) is 16.4. The fraction of sp³-hybridized carbons (Fsp3) is 0.400. The van der Waals surface area contributed by atoms with Crippen LogP contribution >= 0.6 is 0 Å². The molecular formula is C25H27N5O2. The van der Waals surface area contributed by atoms with Gasteiger partial charge in [-0.3, -0.25) is 0 Å². The van der Waals surface area contributed by atoms with Gasteiger partial charge in [0.2, 0.25) is 0 Å². The number of oxazole rings is 1. The van der Waals surface area contributed by atoms with Gasteiger partial charge in [0.05, 0.1) is 16.7 Å². The molecule has 7 heteroatoms. The summed E-state index contributed by atoms with van der Waals surface area (Å²) in [5.41, 5.74) is 5.03. The molecule has 4 aromatic rings. The summed E-state index contributed by atoms with van der Waals surface area (Å²) in [6, 6.07) is 10.3. The minimum absolute atomic E-state index is 0.184. The number of fused-ring (bicyclic) bond motifs is 2. The maximum atomic E-state index is 10.8. The van der Waals surface area contributed by atoms with Gasteiger partial charge in [0.25, 0.3) is 0 Å². The number of aromatic nitrogens is 3. The highest BCUT2D eigenvalue weighted by molar-refractivity contribution is 5.89. The fourth-order valence-electron chi connectivity index (χ4n) is 4.63. The normalized spacial score (nSPS) is 18.8. The molecule has 3 aromatic heterocycles. The molecule has 4 heterocycles. The first-order valence-electron chi connectivity index (χ1n) is 11.4. The summed E-state index contributed by atoms with van der Waals surface area (Å²) in [7, 11) is 0. The molecule has 2 fully saturated rings. The summed E-state index contributed by atoms with van der Waals surface area (Å²) < 4.78 is 5.70. The van der Waals surface area contributed by atoms with Gasteiger partial charge in [0.15, 0.2) is 11.5 Å². The highest BCUT2D eigenvalue weighted by atomic mass is 16.3. The number of phenols is 1. The molecule has 32 heavy (non-hydrogen) atoms. The van der Waals surface area contributed by atoms with Crippen molar-refractivity contribution in [2.75, 3.05) is 24.5 Å². The summed E-state index contributed by atoms with van der Waals surface area (Å²) in [6.07, 6.45) is 3.92. The zero-order chi connectivity index (χ0) is 21.8. The molecule has 1 saturated carbocycles. The van der Waals surface area contributed by atoms with E-state index in [1.165, 1.54) is 12.8 Å². The molecule has 0 spiro atoms. The fourth-order valence-corrected chi connectivity index (χ4v) is 4.63. The van der Waals surface area contributed by atoms with E-state index < -0.39 is 0 Å². The van der Waals surface area contributed by atoms with Gasteiger partial charge in [-0.1, -0.05) is 0 Å². The average molecular weight is 430 g/mol. The quantitative estimate of drug-likeness (QED) is 0.488. The Labute approximate surface area is 186 Å². The number of hydrogen-bond acceptors (Lipinski definition) is 7. The van der Waals surface area contributed by atoms with Gasteiger partial charge in [-0.15, -0.1) is 0 Å². The minimum atomic E-state index is 0.184. The monoisotopic (exact) mass is 429 g/mol. The lowest BCUT2D eigenvalue weighted by Gasteiger charge is -2.18. The summed E-state index contributed by atoms with van der Waals surface area (Å²) in [5, 5.41) is 14.5. The van der Waals surface area contributed by atoms with Crippen molar-refractivity contribution in [2.45, 2.75) is 39.2 Å². The lowest BCUT2D eigenvalue weighted by Crippen LogP contribution is -2.34. The van der Waals surface area contributed by atoms with E-state index >= 15 is 0 Å². The number of rotatable bonds is 5. The predicted octanol–water partition coefficient (Wildman–Crippen LogP) is 4.34. The molecule has 2 aliphatic rings. The van der Waals surface area contributed by atoms with Gasteiger partial charge in [0.1, 0.15) is 17.1 Å². The van der Waals surface area contributed by atoms with E-state index in [2.05, 4.69) is 21.3 Å². The van der Waals surface area contributed by atoms with Crippen molar-refractivity contribution < 1.29 is 9.52 Å². The summed E-state index contributed by atoms with van der Waals surface area (Å²) in [6.45, 7) is 6.83. The van der Waals surface area contributed by atoms with E-state index in [-0.39, 0.29) is 5.75 Å². The van der Waals surface area contributed by atoms with Gasteiger partial charge in [-0.25, -0.2) is 15.0 Å². The maximum Gasteiger partial charge on any atom is 0.192 e. The van der Waals surface area contributed by atoms with Gasteiger partial charge in [-0.2, -0.15) is 0 Å². The van der Waals surface area contributed by atoms with Gasteiger partial charge in [-0.05, 0) is 69.0 Å². The number of phenolic OH excluding ortho intramolecular Hbond substituents is 1. The Kier molecular flexibility index (Phi) is 4.54. The van der Waals surface area contributed by atoms with Crippen molar-refractivity contribution in [3.05, 3.63) is 41.8 Å². The highest BCUT2D eigenvalue weighted by Crippen LogP contribution is 2.37. The minimum Gasteiger partial charge on any atom is -0.507 e. The van der Waals surface area contributed by atoms with Crippen LogP contribution in [-0.2, 0) is 0 Å². The van der Waals surface area contributed by atoms with Crippen molar-refractivity contribution in [1.29, 1.82) is 0 Å². The van der Waals surface area contributed by atoms with Gasteiger partial charge >= 0.3 is 0 Å². The predicted molar refractivity (Wildman–Crippen MR) is 125 cm³/mol. The molecule has 6 rings (SSSR count). The summed E-state index contributed by atoms with van der Waals surface area (Å²) >= 11 is 0. The van der Waals surface area contributed by atoms with Crippen molar-refractivity contribution >= 4 is 28.0 Å². The lowest BCUT2D eigenvalue weighted by atomic mass is 10.0. The summed E-state index contributed by atoms with van der Waals surface area (Å²) in [5.74, 6) is 2.67. The first kappa shape index (κ1) is 19.5. The Hall–Kier alpha value is -3.19. The Morgan fingerprint density at radius 1 is 1.06 bits per heavy atom. The highest BCUT2D eigenvalue weighted by Gasteiger charge is 2.27. The largest absolute Gasteiger partial charge is 0.507 e. The number of anilines is 1. The SMILES string of the molecule is Cc1nc2c(C)c(O)c(-c3ccc4nc(N5CC[C@@H](NCC6CC6)C5)ccc4n3)cc2o1. The molecule has 1 aliphatic heterocycles. The molecule has 0 radical (unpaired) electrons. The standard InChI is InChI=1S/C25H27N5O2/c1-14-24-22(32-15(2)27-24)11-18(25(14)31)19-5-6-21-20(28-19)7-8-23(29-21)30-10-9-17(13-30)26-12-16-3-4-16/h5-8,11,16-17,26,31H,3-4,9-10,12-13H2,1-2H3/t17-/m1/s1. The number of pyridine rings is 2. The molecule has 1 atom stereocenters. The Morgan fingerprint density at radius 3 is 2.72 bits per heavy atom. The van der Waals surface area contributed by atoms with Crippen molar-refractivity contribution in [3.63, 3.8) is 0 Å². The van der Waals surface area contributed by atoms with Gasteiger partial charge in [0, 0.05) is 37.2 Å². The van der Waals surface area contributed by atoms with Crippen molar-refractivity contribution in [3.8, 4) is 17.0 Å². The molecule has 7 nitrogen and oxygen atoms in total. The molecule has 1 saturated heterocycles. The second-order valence-electron chi connectivity index (χ2n) is 9.16. The smallest absolute Gasteiger partial charge is 0.192 e. The van der Waals surface area contributed by atoms with E-state index in [1.807, 2.05) is 31.2 Å². The van der Waals surface area contributed by atoms with E-state index in [4.69, 9.17) is 14.4 Å². The number of hydrogen-bond donors (Lipinski definition) is 2. The third kappa shape index (κ3) is 3.46. The van der Waals surface area contributed by atoms with Crippen LogP contribution in [0.15, 0.2) is 34.7 Å². The van der Waals surface area contributed by atoms with Crippen LogP contribution in [0, 0.1) is 19.8 Å². The first-order valence-corrected chi connectivity index (χ1v) is 11.4. The van der Waals surface area contributed by atoms with Crippen LogP contribution in [0.1, 0.15) is 30.7 Å². The third-order valence-electron chi connectivity index (χ3n) is 6.71. The third-order valence-corrected chi connectivity index (χ3v) is 6.71. The maximum absolute atomic E-state index is 10.8. The first-order chi connectivity index (χ1) is 15.5. The Balaban J connectivity index is 1.28. The van der Waals surface area contributed by atoms with Crippen LogP contribution in [0.3, 0.4) is 0 Å². The lowest BCUT2D eigenvalue weighted by molar-refractivity contribution is 0.473. The Morgan fingerprint density at radius 2 is 1.88 bits per heavy atom. The Bertz CT molecular complexity index is 1330. The molecule has 0 unspecified atom stereocenters. The number of aryl methyl sites for hydroxylation is 2. The molecule has 0 amide bonds. The number of aromatic hydroxyl groups is 1. The van der Waals surface area contributed by atoms with E-state index in [0.29, 0.717) is 39.9 Å². The van der Waals surface area contributed by atoms with Crippen LogP contribution < -0.4 is 10.2 Å². The second-order valence-corrected chi connectivity index (χ2v) is 9.16. The van der Waals surface area contributed by atoms with E-state index in [9.17, 15) is 5.11 Å². The topological polar surface area (TPSA) is 87.3 Å². The zero-order valence-corrected chi connectivity index (χ0v) is 18.4. The molecular weight excluding hydrogens is 402 g/mol. The van der Waals surface area contributed by atoms with Crippen molar-refractivity contribution in [2.24, 2.45) is 5.92 Å². The molecule has 1 aromatic carbocycles. The molecule has 1 aliphatic carbocycles. The van der Waals surface area contributed by atoms with E-state index in [1.54, 1.807) is 6.92 Å². The van der Waals surface area contributed by atoms with Crippen LogP contribution in [0.25, 0.3) is 33.4 Å². The van der Waals surface area contributed by atoms with Crippen molar-refractivity contribution in [1.82, 2.24) is 20.3 Å². The van der Waals surface area contributed by atoms with Crippen LogP contribution in [-0.4, -0.2) is 45.7 Å². The number of nitrogens with one attached hydrogen (secondary N) is 1. The number of benzene rings is 1. The van der Waals surface area contributed by atoms with Crippen LogP contribution in [0.2, 0.25) is 0 Å². The molecule has 0 bridgehead atoms. The van der Waals surface area contributed by atoms with Gasteiger partial charge < -0.3 is 19.7 Å². The molecule has 2 N–H and O–H groups in total. The van der Waals surface area contributed by atoms with Crippen LogP contribution in [0.4, 0.5) is 5.82 Å². The van der Waals surface area contributed by atoms with E-state index in [0.717, 1.165) is 48.8 Å². The van der Waals surface area contributed by atoms with Crippen LogP contribution in [0.5, 0.6) is 5.75 Å². The zero-order valence-electron chi connectivity index (χ0n) is 18.4. The number of nitrogens with zero attached hydrogens (tertiary/aromatic N) is 4.